The molecule has 2 aliphatic rings. The average molecular weight is 254 g/mol. The average Bonchev–Trinajstić information content (AvgIpc) is 2.47. The summed E-state index contributed by atoms with van der Waals surface area (Å²) in [4.78, 5) is 24.2. The molecule has 0 spiro atoms. The van der Waals surface area contributed by atoms with Crippen molar-refractivity contribution in [2.75, 3.05) is 0 Å². The molecule has 96 valence electrons. The third kappa shape index (κ3) is 2.24. The van der Waals surface area contributed by atoms with Gasteiger partial charge in [0.25, 0.3) is 0 Å². The standard InChI is InChI=1S/C16H14O3/c17-15(11-6-2-1-3-7-11)13-10-12-8-4-5-9-14(12)19-16(13)18/h2,6-10H,1,3-5H2. The van der Waals surface area contributed by atoms with E-state index >= 15 is 0 Å². The summed E-state index contributed by atoms with van der Waals surface area (Å²) in [5.74, 6) is -0.244. The predicted molar refractivity (Wildman–Crippen MR) is 73.2 cm³/mol. The van der Waals surface area contributed by atoms with E-state index in [9.17, 15) is 9.59 Å². The number of rotatable bonds is 2. The third-order valence-corrected chi connectivity index (χ3v) is 3.37. The van der Waals surface area contributed by atoms with Crippen molar-refractivity contribution in [2.24, 2.45) is 0 Å². The molecule has 2 aliphatic carbocycles. The van der Waals surface area contributed by atoms with E-state index in [1.807, 2.05) is 24.3 Å². The van der Waals surface area contributed by atoms with Gasteiger partial charge in [0.05, 0.1) is 0 Å². The summed E-state index contributed by atoms with van der Waals surface area (Å²) in [6, 6.07) is 1.66. The van der Waals surface area contributed by atoms with E-state index in [0.29, 0.717) is 11.0 Å². The Kier molecular flexibility index (Phi) is 3.03. The van der Waals surface area contributed by atoms with Crippen LogP contribution < -0.4 is 16.3 Å². The first-order valence-corrected chi connectivity index (χ1v) is 6.51. The minimum Gasteiger partial charge on any atom is -0.423 e. The van der Waals surface area contributed by atoms with Crippen LogP contribution in [0.25, 0.3) is 12.2 Å². The Morgan fingerprint density at radius 3 is 2.63 bits per heavy atom. The van der Waals surface area contributed by atoms with Crippen LogP contribution in [0.5, 0.6) is 0 Å². The van der Waals surface area contributed by atoms with Gasteiger partial charge in [-0.2, -0.15) is 0 Å². The highest BCUT2D eigenvalue weighted by atomic mass is 16.4. The number of carbonyl (C=O) groups is 1. The van der Waals surface area contributed by atoms with Crippen molar-refractivity contribution in [3.05, 3.63) is 56.5 Å². The maximum atomic E-state index is 12.3. The normalized spacial score (nSPS) is 16.9. The highest BCUT2D eigenvalue weighted by Crippen LogP contribution is 2.13. The van der Waals surface area contributed by atoms with Crippen LogP contribution in [-0.2, 0) is 0 Å². The number of carbonyl (C=O) groups excluding carboxylic acids is 1. The van der Waals surface area contributed by atoms with Crippen LogP contribution in [0.1, 0.15) is 36.0 Å². The van der Waals surface area contributed by atoms with E-state index in [-0.39, 0.29) is 11.3 Å². The van der Waals surface area contributed by atoms with Crippen molar-refractivity contribution in [3.8, 4) is 0 Å². The van der Waals surface area contributed by atoms with E-state index in [1.165, 1.54) is 0 Å². The van der Waals surface area contributed by atoms with Crippen molar-refractivity contribution in [1.82, 2.24) is 0 Å². The zero-order valence-corrected chi connectivity index (χ0v) is 10.5. The lowest BCUT2D eigenvalue weighted by molar-refractivity contribution is 0.103. The molecule has 0 aliphatic heterocycles. The summed E-state index contributed by atoms with van der Waals surface area (Å²) < 4.78 is 5.23. The Balaban J connectivity index is 2.12. The number of allylic oxidation sites excluding steroid dienone is 4. The van der Waals surface area contributed by atoms with Crippen molar-refractivity contribution in [1.29, 1.82) is 0 Å². The van der Waals surface area contributed by atoms with Crippen molar-refractivity contribution < 1.29 is 9.21 Å². The van der Waals surface area contributed by atoms with Crippen molar-refractivity contribution >= 4 is 17.9 Å². The largest absolute Gasteiger partial charge is 0.423 e. The molecule has 3 nitrogen and oxygen atoms in total. The number of ketones is 1. The van der Waals surface area contributed by atoms with Crippen molar-refractivity contribution in [3.63, 3.8) is 0 Å². The molecule has 0 amide bonds. The number of hydrogen-bond acceptors (Lipinski definition) is 3. The van der Waals surface area contributed by atoms with Gasteiger partial charge in [0.1, 0.15) is 11.0 Å². The summed E-state index contributed by atoms with van der Waals surface area (Å²) in [5.41, 5.74) is 0.748. The summed E-state index contributed by atoms with van der Waals surface area (Å²) in [6.45, 7) is 0. The second kappa shape index (κ2) is 4.84. The Labute approximate surface area is 110 Å². The van der Waals surface area contributed by atoms with Gasteiger partial charge < -0.3 is 4.42 Å². The molecule has 0 saturated heterocycles. The highest BCUT2D eigenvalue weighted by Gasteiger charge is 2.16. The molecule has 0 bridgehead atoms. The Morgan fingerprint density at radius 2 is 1.84 bits per heavy atom. The molecule has 0 unspecified atom stereocenters. The van der Waals surface area contributed by atoms with E-state index < -0.39 is 5.63 Å². The van der Waals surface area contributed by atoms with Gasteiger partial charge in [0, 0.05) is 10.8 Å². The van der Waals surface area contributed by atoms with Gasteiger partial charge in [-0.15, -0.1) is 0 Å². The zero-order chi connectivity index (χ0) is 13.2. The summed E-state index contributed by atoms with van der Waals surface area (Å²) in [6.07, 6.45) is 13.1. The summed E-state index contributed by atoms with van der Waals surface area (Å²) >= 11 is 0. The zero-order valence-electron chi connectivity index (χ0n) is 10.5. The van der Waals surface area contributed by atoms with E-state index in [4.69, 9.17) is 4.42 Å². The Morgan fingerprint density at radius 1 is 1.05 bits per heavy atom. The highest BCUT2D eigenvalue weighted by molar-refractivity contribution is 6.10. The lowest BCUT2D eigenvalue weighted by Gasteiger charge is -2.06. The first-order chi connectivity index (χ1) is 9.25. The summed E-state index contributed by atoms with van der Waals surface area (Å²) in [7, 11) is 0. The van der Waals surface area contributed by atoms with Gasteiger partial charge in [0.15, 0.2) is 5.78 Å². The quantitative estimate of drug-likeness (QED) is 0.751. The SMILES string of the molecule is O=C(C1=CCCC=C1)c1cc2c(oc1=O)=CCCC=2. The molecular weight excluding hydrogens is 240 g/mol. The van der Waals surface area contributed by atoms with E-state index in [1.54, 1.807) is 12.1 Å². The Bertz CT molecular complexity index is 760. The minimum absolute atomic E-state index is 0.128. The van der Waals surface area contributed by atoms with Gasteiger partial charge in [-0.1, -0.05) is 24.3 Å². The fourth-order valence-corrected chi connectivity index (χ4v) is 2.37. The second-order valence-electron chi connectivity index (χ2n) is 4.72. The molecule has 0 fully saturated rings. The molecule has 3 rings (SSSR count). The molecular formula is C16H14O3. The predicted octanol–water partition coefficient (Wildman–Crippen LogP) is 1.45. The van der Waals surface area contributed by atoms with Gasteiger partial charge in [-0.05, 0) is 37.8 Å². The fourth-order valence-electron chi connectivity index (χ4n) is 2.37. The molecule has 1 aromatic heterocycles. The molecule has 3 heteroatoms. The van der Waals surface area contributed by atoms with E-state index in [2.05, 4.69) is 0 Å². The van der Waals surface area contributed by atoms with Crippen LogP contribution in [-0.4, -0.2) is 5.78 Å². The molecule has 0 atom stereocenters. The maximum absolute atomic E-state index is 12.3. The monoisotopic (exact) mass is 254 g/mol. The topological polar surface area (TPSA) is 47.3 Å². The molecule has 1 aromatic rings. The number of hydrogen-bond donors (Lipinski definition) is 0. The molecule has 0 radical (unpaired) electrons. The second-order valence-corrected chi connectivity index (χ2v) is 4.72. The maximum Gasteiger partial charge on any atom is 0.347 e. The van der Waals surface area contributed by atoms with Crippen LogP contribution in [0.3, 0.4) is 0 Å². The van der Waals surface area contributed by atoms with Crippen molar-refractivity contribution in [2.45, 2.75) is 25.7 Å². The fraction of sp³-hybridized carbons (Fsp3) is 0.250. The van der Waals surface area contributed by atoms with Crippen LogP contribution in [0.4, 0.5) is 0 Å². The molecule has 1 heterocycles. The van der Waals surface area contributed by atoms with Crippen LogP contribution in [0, 0.1) is 0 Å². The van der Waals surface area contributed by atoms with E-state index in [0.717, 1.165) is 30.9 Å². The van der Waals surface area contributed by atoms with Gasteiger partial charge in [-0.3, -0.25) is 4.79 Å². The first-order valence-electron chi connectivity index (χ1n) is 6.51. The molecule has 0 N–H and O–H groups in total. The number of Topliss-reactive ketones (excluding diaryl/α,β-unsaturated/α-hetero) is 1. The van der Waals surface area contributed by atoms with Crippen LogP contribution in [0.15, 0.2) is 39.1 Å². The van der Waals surface area contributed by atoms with Crippen LogP contribution in [0.2, 0.25) is 0 Å². The lowest BCUT2D eigenvalue weighted by atomic mass is 9.99. The Hall–Kier alpha value is -2.16. The van der Waals surface area contributed by atoms with Crippen LogP contribution >= 0.6 is 0 Å². The summed E-state index contributed by atoms with van der Waals surface area (Å²) in [5, 5.41) is 0.842. The van der Waals surface area contributed by atoms with Gasteiger partial charge in [-0.25, -0.2) is 4.79 Å². The van der Waals surface area contributed by atoms with Gasteiger partial charge in [0.2, 0.25) is 0 Å². The smallest absolute Gasteiger partial charge is 0.347 e. The lowest BCUT2D eigenvalue weighted by Crippen LogP contribution is -2.34. The number of fused-ring (bicyclic) bond motifs is 1. The molecule has 0 saturated carbocycles. The minimum atomic E-state index is -0.546. The molecule has 19 heavy (non-hydrogen) atoms. The third-order valence-electron chi connectivity index (χ3n) is 3.37. The van der Waals surface area contributed by atoms with Gasteiger partial charge >= 0.3 is 5.63 Å². The molecule has 0 aromatic carbocycles. The first kappa shape index (κ1) is 11.9.